The fourth-order valence-electron chi connectivity index (χ4n) is 1.35. The van der Waals surface area contributed by atoms with Gasteiger partial charge in [0.1, 0.15) is 12.1 Å². The number of rotatable bonds is 6. The summed E-state index contributed by atoms with van der Waals surface area (Å²) < 4.78 is 5.65. The van der Waals surface area contributed by atoms with E-state index in [2.05, 4.69) is 29.1 Å². The molecule has 1 rings (SSSR count). The van der Waals surface area contributed by atoms with Crippen LogP contribution in [0.25, 0.3) is 0 Å². The molecule has 84 valence electrons. The number of aromatic nitrogens is 2. The molecule has 1 unspecified atom stereocenters. The van der Waals surface area contributed by atoms with Crippen molar-refractivity contribution in [1.82, 2.24) is 9.97 Å². The van der Waals surface area contributed by atoms with Gasteiger partial charge in [0, 0.05) is 12.6 Å². The molecule has 0 radical (unpaired) electrons. The molecule has 4 heteroatoms. The first kappa shape index (κ1) is 11.8. The number of anilines is 1. The van der Waals surface area contributed by atoms with Crippen molar-refractivity contribution in [3.8, 4) is 5.88 Å². The van der Waals surface area contributed by atoms with Crippen molar-refractivity contribution in [2.45, 2.75) is 39.7 Å². The van der Waals surface area contributed by atoms with Gasteiger partial charge in [0.05, 0.1) is 6.10 Å². The molecule has 1 N–H and O–H groups in total. The predicted octanol–water partition coefficient (Wildman–Crippen LogP) is 2.48. The number of ether oxygens (including phenoxy) is 1. The Morgan fingerprint density at radius 2 is 2.20 bits per heavy atom. The first-order valence-corrected chi connectivity index (χ1v) is 5.48. The monoisotopic (exact) mass is 209 g/mol. The van der Waals surface area contributed by atoms with Crippen LogP contribution in [0, 0.1) is 0 Å². The van der Waals surface area contributed by atoms with Crippen LogP contribution >= 0.6 is 0 Å². The summed E-state index contributed by atoms with van der Waals surface area (Å²) in [6.07, 6.45) is 3.89. The van der Waals surface area contributed by atoms with E-state index in [0.29, 0.717) is 5.88 Å². The van der Waals surface area contributed by atoms with Crippen LogP contribution in [0.1, 0.15) is 33.6 Å². The molecular weight excluding hydrogens is 190 g/mol. The minimum atomic E-state index is 0.208. The zero-order valence-corrected chi connectivity index (χ0v) is 9.66. The maximum atomic E-state index is 5.65. The van der Waals surface area contributed by atoms with E-state index in [9.17, 15) is 0 Å². The van der Waals surface area contributed by atoms with E-state index < -0.39 is 0 Å². The van der Waals surface area contributed by atoms with Gasteiger partial charge in [-0.3, -0.25) is 0 Å². The summed E-state index contributed by atoms with van der Waals surface area (Å²) in [5.74, 6) is 1.45. The Morgan fingerprint density at radius 3 is 2.87 bits per heavy atom. The predicted molar refractivity (Wildman–Crippen MR) is 61.2 cm³/mol. The van der Waals surface area contributed by atoms with Crippen molar-refractivity contribution in [3.05, 3.63) is 12.4 Å². The highest BCUT2D eigenvalue weighted by Crippen LogP contribution is 2.13. The fraction of sp³-hybridized carbons (Fsp3) is 0.636. The topological polar surface area (TPSA) is 47.0 Å². The quantitative estimate of drug-likeness (QED) is 0.781. The first-order valence-electron chi connectivity index (χ1n) is 5.48. The van der Waals surface area contributed by atoms with Crippen LogP contribution in [0.3, 0.4) is 0 Å². The lowest BCUT2D eigenvalue weighted by Crippen LogP contribution is -2.12. The molecule has 15 heavy (non-hydrogen) atoms. The Kier molecular flexibility index (Phi) is 4.87. The van der Waals surface area contributed by atoms with E-state index >= 15 is 0 Å². The normalized spacial score (nSPS) is 12.2. The third-order valence-corrected chi connectivity index (χ3v) is 2.02. The van der Waals surface area contributed by atoms with Crippen molar-refractivity contribution >= 4 is 5.82 Å². The summed E-state index contributed by atoms with van der Waals surface area (Å²) in [5.41, 5.74) is 0. The van der Waals surface area contributed by atoms with Crippen LogP contribution in [0.4, 0.5) is 5.82 Å². The summed E-state index contributed by atoms with van der Waals surface area (Å²) in [6, 6.07) is 1.83. The molecule has 0 saturated carbocycles. The van der Waals surface area contributed by atoms with Crippen molar-refractivity contribution in [2.75, 3.05) is 11.9 Å². The van der Waals surface area contributed by atoms with E-state index in [-0.39, 0.29) is 6.10 Å². The molecule has 1 heterocycles. The summed E-state index contributed by atoms with van der Waals surface area (Å²) in [4.78, 5) is 8.15. The lowest BCUT2D eigenvalue weighted by molar-refractivity contribution is 0.201. The van der Waals surface area contributed by atoms with Gasteiger partial charge in [0.2, 0.25) is 5.88 Å². The zero-order valence-electron chi connectivity index (χ0n) is 9.66. The summed E-state index contributed by atoms with van der Waals surface area (Å²) in [7, 11) is 0. The Hall–Kier alpha value is -1.32. The molecule has 0 aliphatic carbocycles. The van der Waals surface area contributed by atoms with Crippen molar-refractivity contribution in [3.63, 3.8) is 0 Å². The van der Waals surface area contributed by atoms with Gasteiger partial charge in [0.15, 0.2) is 0 Å². The average Bonchev–Trinajstić information content (AvgIpc) is 2.19. The molecule has 0 fully saturated rings. The molecule has 1 atom stereocenters. The highest BCUT2D eigenvalue weighted by molar-refractivity contribution is 5.36. The maximum absolute atomic E-state index is 5.65. The van der Waals surface area contributed by atoms with Crippen LogP contribution in [-0.2, 0) is 0 Å². The Labute approximate surface area is 91.1 Å². The second kappa shape index (κ2) is 6.22. The molecule has 0 aliphatic heterocycles. The molecule has 0 aliphatic rings. The standard InChI is InChI=1S/C11H19N3O/c1-4-6-9(3)15-11-7-10(12-5-2)13-8-14-11/h7-9H,4-6H2,1-3H3,(H,12,13,14). The first-order chi connectivity index (χ1) is 7.26. The lowest BCUT2D eigenvalue weighted by Gasteiger charge is -2.13. The second-order valence-electron chi connectivity index (χ2n) is 3.49. The highest BCUT2D eigenvalue weighted by Gasteiger charge is 2.04. The summed E-state index contributed by atoms with van der Waals surface area (Å²) >= 11 is 0. The molecule has 4 nitrogen and oxygen atoms in total. The number of hydrogen-bond donors (Lipinski definition) is 1. The van der Waals surface area contributed by atoms with Gasteiger partial charge < -0.3 is 10.1 Å². The molecule has 0 spiro atoms. The van der Waals surface area contributed by atoms with E-state index in [4.69, 9.17) is 4.74 Å². The molecule has 1 aromatic heterocycles. The highest BCUT2D eigenvalue weighted by atomic mass is 16.5. The van der Waals surface area contributed by atoms with Crippen molar-refractivity contribution in [1.29, 1.82) is 0 Å². The maximum Gasteiger partial charge on any atom is 0.218 e. The average molecular weight is 209 g/mol. The fourth-order valence-corrected chi connectivity index (χ4v) is 1.35. The Balaban J connectivity index is 2.56. The summed E-state index contributed by atoms with van der Waals surface area (Å²) in [5, 5.41) is 3.12. The van der Waals surface area contributed by atoms with Crippen LogP contribution in [0.5, 0.6) is 5.88 Å². The van der Waals surface area contributed by atoms with Gasteiger partial charge >= 0.3 is 0 Å². The summed E-state index contributed by atoms with van der Waals surface area (Å²) in [6.45, 7) is 7.08. The third-order valence-electron chi connectivity index (χ3n) is 2.02. The van der Waals surface area contributed by atoms with Gasteiger partial charge in [-0.25, -0.2) is 9.97 Å². The molecule has 0 bridgehead atoms. The Morgan fingerprint density at radius 1 is 1.40 bits per heavy atom. The van der Waals surface area contributed by atoms with Crippen LogP contribution in [0.2, 0.25) is 0 Å². The largest absolute Gasteiger partial charge is 0.475 e. The minimum absolute atomic E-state index is 0.208. The van der Waals surface area contributed by atoms with Crippen LogP contribution in [0.15, 0.2) is 12.4 Å². The zero-order chi connectivity index (χ0) is 11.1. The van der Waals surface area contributed by atoms with Gasteiger partial charge in [-0.15, -0.1) is 0 Å². The molecular formula is C11H19N3O. The number of nitrogens with zero attached hydrogens (tertiary/aromatic N) is 2. The van der Waals surface area contributed by atoms with E-state index in [0.717, 1.165) is 25.2 Å². The Bertz CT molecular complexity index is 291. The third kappa shape index (κ3) is 4.14. The van der Waals surface area contributed by atoms with Crippen LogP contribution < -0.4 is 10.1 Å². The van der Waals surface area contributed by atoms with E-state index in [1.807, 2.05) is 13.0 Å². The molecule has 0 amide bonds. The van der Waals surface area contributed by atoms with Gasteiger partial charge in [-0.1, -0.05) is 13.3 Å². The van der Waals surface area contributed by atoms with E-state index in [1.54, 1.807) is 0 Å². The molecule has 1 aromatic rings. The number of nitrogens with one attached hydrogen (secondary N) is 1. The minimum Gasteiger partial charge on any atom is -0.475 e. The molecule has 0 saturated heterocycles. The lowest BCUT2D eigenvalue weighted by atomic mass is 10.2. The smallest absolute Gasteiger partial charge is 0.218 e. The van der Waals surface area contributed by atoms with E-state index in [1.165, 1.54) is 6.33 Å². The van der Waals surface area contributed by atoms with Crippen LogP contribution in [-0.4, -0.2) is 22.6 Å². The van der Waals surface area contributed by atoms with Crippen molar-refractivity contribution < 1.29 is 4.74 Å². The second-order valence-corrected chi connectivity index (χ2v) is 3.49. The molecule has 0 aromatic carbocycles. The van der Waals surface area contributed by atoms with Gasteiger partial charge in [-0.05, 0) is 20.3 Å². The van der Waals surface area contributed by atoms with Gasteiger partial charge in [-0.2, -0.15) is 0 Å². The number of hydrogen-bond acceptors (Lipinski definition) is 4. The SMILES string of the molecule is CCCC(C)Oc1cc(NCC)ncn1. The van der Waals surface area contributed by atoms with Crippen molar-refractivity contribution in [2.24, 2.45) is 0 Å². The van der Waals surface area contributed by atoms with Gasteiger partial charge in [0.25, 0.3) is 0 Å².